The van der Waals surface area contributed by atoms with Crippen LogP contribution in [0.2, 0.25) is 0 Å². The maximum atomic E-state index is 10.8. The number of fused-ring (bicyclic) bond motifs is 1. The van der Waals surface area contributed by atoms with Crippen LogP contribution < -0.4 is 5.32 Å². The van der Waals surface area contributed by atoms with E-state index < -0.39 is 4.92 Å². The lowest BCUT2D eigenvalue weighted by molar-refractivity contribution is -0.382. The number of nitrogens with zero attached hydrogens (tertiary/aromatic N) is 2. The van der Waals surface area contributed by atoms with E-state index in [9.17, 15) is 10.1 Å². The van der Waals surface area contributed by atoms with Crippen LogP contribution in [-0.2, 0) is 0 Å². The summed E-state index contributed by atoms with van der Waals surface area (Å²) in [6, 6.07) is 4.84. The van der Waals surface area contributed by atoms with Gasteiger partial charge in [0.2, 0.25) is 0 Å². The molecular weight excluding hydrogens is 242 g/mol. The normalized spacial score (nSPS) is 10.6. The Labute approximate surface area is 101 Å². The third-order valence-corrected chi connectivity index (χ3v) is 3.25. The Morgan fingerprint density at radius 1 is 1.53 bits per heavy atom. The number of aliphatic hydroxyl groups excluding tert-OH is 1. The fraction of sp³-hybridized carbons (Fsp3) is 0.300. The van der Waals surface area contributed by atoms with Crippen molar-refractivity contribution >= 4 is 32.4 Å². The molecule has 0 amide bonds. The first-order chi connectivity index (χ1) is 8.22. The van der Waals surface area contributed by atoms with Crippen LogP contribution in [0, 0.1) is 10.1 Å². The summed E-state index contributed by atoms with van der Waals surface area (Å²) in [5.74, 6) is 0. The van der Waals surface area contributed by atoms with E-state index in [1.807, 2.05) is 0 Å². The first kappa shape index (κ1) is 11.7. The lowest BCUT2D eigenvalue weighted by atomic mass is 10.3. The highest BCUT2D eigenvalue weighted by atomic mass is 32.1. The molecule has 1 aromatic carbocycles. The van der Waals surface area contributed by atoms with Gasteiger partial charge in [-0.1, -0.05) is 17.4 Å². The van der Waals surface area contributed by atoms with Gasteiger partial charge in [-0.3, -0.25) is 10.1 Å². The molecule has 0 aliphatic carbocycles. The number of non-ortho nitro benzene ring substituents is 1. The Balaban J connectivity index is 2.30. The largest absolute Gasteiger partial charge is 0.396 e. The van der Waals surface area contributed by atoms with Crippen LogP contribution in [0.5, 0.6) is 0 Å². The number of hydrogen-bond acceptors (Lipinski definition) is 6. The van der Waals surface area contributed by atoms with Gasteiger partial charge in [0.15, 0.2) is 5.13 Å². The van der Waals surface area contributed by atoms with Crippen molar-refractivity contribution in [2.75, 3.05) is 18.5 Å². The minimum atomic E-state index is -0.405. The van der Waals surface area contributed by atoms with Crippen molar-refractivity contribution in [1.29, 1.82) is 0 Å². The second-order valence-electron chi connectivity index (χ2n) is 3.41. The van der Waals surface area contributed by atoms with Crippen LogP contribution in [0.1, 0.15) is 6.42 Å². The van der Waals surface area contributed by atoms with Crippen molar-refractivity contribution in [1.82, 2.24) is 4.98 Å². The second-order valence-corrected chi connectivity index (χ2v) is 4.40. The maximum Gasteiger partial charge on any atom is 0.288 e. The molecule has 2 rings (SSSR count). The van der Waals surface area contributed by atoms with Gasteiger partial charge in [-0.15, -0.1) is 0 Å². The van der Waals surface area contributed by atoms with Gasteiger partial charge in [0.25, 0.3) is 5.69 Å². The van der Waals surface area contributed by atoms with Gasteiger partial charge in [-0.2, -0.15) is 0 Å². The number of hydrogen-bond donors (Lipinski definition) is 2. The smallest absolute Gasteiger partial charge is 0.288 e. The van der Waals surface area contributed by atoms with Crippen LogP contribution in [0.25, 0.3) is 10.2 Å². The van der Waals surface area contributed by atoms with E-state index in [4.69, 9.17) is 5.11 Å². The molecule has 0 saturated carbocycles. The molecule has 0 spiro atoms. The van der Waals surface area contributed by atoms with E-state index in [0.29, 0.717) is 28.3 Å². The van der Waals surface area contributed by atoms with Crippen molar-refractivity contribution in [3.05, 3.63) is 28.3 Å². The fourth-order valence-electron chi connectivity index (χ4n) is 1.43. The van der Waals surface area contributed by atoms with Gasteiger partial charge < -0.3 is 10.4 Å². The second kappa shape index (κ2) is 5.07. The van der Waals surface area contributed by atoms with Crippen LogP contribution in [0.3, 0.4) is 0 Å². The molecule has 2 aromatic rings. The number of nitrogens with one attached hydrogen (secondary N) is 1. The molecule has 0 radical (unpaired) electrons. The van der Waals surface area contributed by atoms with Crippen LogP contribution >= 0.6 is 11.3 Å². The standard InChI is InChI=1S/C10H11N3O3S/c14-6-2-5-11-10-12-7-3-1-4-8(13(15)16)9(7)17-10/h1,3-4,14H,2,5-6H2,(H,11,12). The Hall–Kier alpha value is -1.73. The first-order valence-corrected chi connectivity index (χ1v) is 5.92. The zero-order chi connectivity index (χ0) is 12.3. The van der Waals surface area contributed by atoms with Crippen molar-refractivity contribution in [2.24, 2.45) is 0 Å². The molecule has 7 heteroatoms. The van der Waals surface area contributed by atoms with Crippen LogP contribution in [0.15, 0.2) is 18.2 Å². The average Bonchev–Trinajstić information content (AvgIpc) is 2.71. The fourth-order valence-corrected chi connectivity index (χ4v) is 2.41. The lowest BCUT2D eigenvalue weighted by Gasteiger charge is -1.97. The number of nitro groups is 1. The highest BCUT2D eigenvalue weighted by Gasteiger charge is 2.15. The van der Waals surface area contributed by atoms with E-state index in [1.165, 1.54) is 17.4 Å². The van der Waals surface area contributed by atoms with Crippen LogP contribution in [0.4, 0.5) is 10.8 Å². The molecule has 1 heterocycles. The van der Waals surface area contributed by atoms with E-state index >= 15 is 0 Å². The van der Waals surface area contributed by atoms with Crippen molar-refractivity contribution in [3.63, 3.8) is 0 Å². The number of thiazole rings is 1. The zero-order valence-corrected chi connectivity index (χ0v) is 9.74. The van der Waals surface area contributed by atoms with Gasteiger partial charge in [0.05, 0.1) is 10.4 Å². The summed E-state index contributed by atoms with van der Waals surface area (Å²) in [5, 5.41) is 23.1. The predicted molar refractivity (Wildman–Crippen MR) is 66.5 cm³/mol. The van der Waals surface area contributed by atoms with E-state index in [0.717, 1.165) is 0 Å². The van der Waals surface area contributed by atoms with Crippen molar-refractivity contribution < 1.29 is 10.0 Å². The molecule has 0 aliphatic rings. The van der Waals surface area contributed by atoms with Gasteiger partial charge in [0.1, 0.15) is 4.70 Å². The number of nitro benzene ring substituents is 1. The first-order valence-electron chi connectivity index (χ1n) is 5.11. The molecule has 0 fully saturated rings. The number of aliphatic hydroxyl groups is 1. The maximum absolute atomic E-state index is 10.8. The minimum absolute atomic E-state index is 0.0789. The van der Waals surface area contributed by atoms with E-state index in [1.54, 1.807) is 12.1 Å². The Bertz CT molecular complexity index is 541. The monoisotopic (exact) mass is 253 g/mol. The molecule has 17 heavy (non-hydrogen) atoms. The van der Waals surface area contributed by atoms with Gasteiger partial charge >= 0.3 is 0 Å². The zero-order valence-electron chi connectivity index (χ0n) is 8.92. The summed E-state index contributed by atoms with van der Waals surface area (Å²) in [4.78, 5) is 14.7. The molecule has 6 nitrogen and oxygen atoms in total. The third kappa shape index (κ3) is 2.51. The number of anilines is 1. The quantitative estimate of drug-likeness (QED) is 0.483. The Morgan fingerprint density at radius 3 is 3.06 bits per heavy atom. The molecular formula is C10H11N3O3S. The molecule has 0 saturated heterocycles. The Morgan fingerprint density at radius 2 is 2.35 bits per heavy atom. The van der Waals surface area contributed by atoms with Gasteiger partial charge in [-0.05, 0) is 12.5 Å². The molecule has 0 unspecified atom stereocenters. The summed E-state index contributed by atoms with van der Waals surface area (Å²) in [6.07, 6.45) is 0.623. The molecule has 0 bridgehead atoms. The summed E-state index contributed by atoms with van der Waals surface area (Å²) < 4.78 is 0.573. The van der Waals surface area contributed by atoms with Crippen molar-refractivity contribution in [2.45, 2.75) is 6.42 Å². The average molecular weight is 253 g/mol. The predicted octanol–water partition coefficient (Wildman–Crippen LogP) is 2.00. The lowest BCUT2D eigenvalue weighted by Crippen LogP contribution is -2.02. The highest BCUT2D eigenvalue weighted by Crippen LogP contribution is 2.33. The summed E-state index contributed by atoms with van der Waals surface area (Å²) in [7, 11) is 0. The molecule has 1 aromatic heterocycles. The molecule has 0 aliphatic heterocycles. The summed E-state index contributed by atoms with van der Waals surface area (Å²) in [5.41, 5.74) is 0.700. The number of aromatic nitrogens is 1. The van der Waals surface area contributed by atoms with Gasteiger partial charge in [0, 0.05) is 19.2 Å². The molecule has 90 valence electrons. The topological polar surface area (TPSA) is 88.3 Å². The third-order valence-electron chi connectivity index (χ3n) is 2.20. The summed E-state index contributed by atoms with van der Waals surface area (Å²) in [6.45, 7) is 0.710. The SMILES string of the molecule is O=[N+]([O-])c1cccc2nc(NCCCO)sc12. The minimum Gasteiger partial charge on any atom is -0.396 e. The molecule has 2 N–H and O–H groups in total. The highest BCUT2D eigenvalue weighted by molar-refractivity contribution is 7.22. The van der Waals surface area contributed by atoms with Gasteiger partial charge in [-0.25, -0.2) is 4.98 Å². The molecule has 0 atom stereocenters. The van der Waals surface area contributed by atoms with Crippen molar-refractivity contribution in [3.8, 4) is 0 Å². The summed E-state index contributed by atoms with van der Waals surface area (Å²) >= 11 is 1.26. The van der Waals surface area contributed by atoms with E-state index in [2.05, 4.69) is 10.3 Å². The van der Waals surface area contributed by atoms with Crippen LogP contribution in [-0.4, -0.2) is 28.2 Å². The number of benzene rings is 1. The van der Waals surface area contributed by atoms with E-state index in [-0.39, 0.29) is 12.3 Å². The number of rotatable bonds is 5. The Kier molecular flexibility index (Phi) is 3.50.